The largest absolute Gasteiger partial charge is 0.353 e. The van der Waals surface area contributed by atoms with Crippen LogP contribution in [0.15, 0.2) is 54.6 Å². The Bertz CT molecular complexity index is 789. The lowest BCUT2D eigenvalue weighted by Gasteiger charge is -2.31. The molecule has 0 unspecified atom stereocenters. The standard InChI is InChI=1S/C22H26ClN3O2/c23-20-9-5-4-6-17(20)10-11-21(27)24-19-12-14-26(15-13-19)16-22(28)25-18-7-2-1-3-8-18/h1-9,19H,10-16H2,(H,24,27)(H,25,28). The first-order valence-corrected chi connectivity index (χ1v) is 10.1. The average Bonchev–Trinajstić information content (AvgIpc) is 2.69. The molecule has 1 aliphatic rings. The van der Waals surface area contributed by atoms with Gasteiger partial charge in [-0.05, 0) is 43.0 Å². The van der Waals surface area contributed by atoms with E-state index in [4.69, 9.17) is 11.6 Å². The highest BCUT2D eigenvalue weighted by atomic mass is 35.5. The molecule has 0 saturated carbocycles. The molecular weight excluding hydrogens is 374 g/mol. The summed E-state index contributed by atoms with van der Waals surface area (Å²) in [7, 11) is 0. The molecule has 1 saturated heterocycles. The number of benzene rings is 2. The van der Waals surface area contributed by atoms with Gasteiger partial charge in [-0.2, -0.15) is 0 Å². The lowest BCUT2D eigenvalue weighted by molar-refractivity contribution is -0.122. The van der Waals surface area contributed by atoms with E-state index in [1.54, 1.807) is 0 Å². The van der Waals surface area contributed by atoms with Gasteiger partial charge in [-0.1, -0.05) is 48.0 Å². The number of para-hydroxylation sites is 1. The van der Waals surface area contributed by atoms with E-state index in [2.05, 4.69) is 15.5 Å². The fraction of sp³-hybridized carbons (Fsp3) is 0.364. The Balaban J connectivity index is 1.35. The number of halogens is 1. The van der Waals surface area contributed by atoms with Crippen LogP contribution in [0.1, 0.15) is 24.8 Å². The molecule has 0 aliphatic carbocycles. The van der Waals surface area contributed by atoms with Crippen molar-refractivity contribution in [2.75, 3.05) is 25.0 Å². The minimum atomic E-state index is -0.00609. The number of carbonyl (C=O) groups excluding carboxylic acids is 2. The zero-order chi connectivity index (χ0) is 19.8. The number of rotatable bonds is 7. The first-order valence-electron chi connectivity index (χ1n) is 9.70. The van der Waals surface area contributed by atoms with Crippen LogP contribution in [0, 0.1) is 0 Å². The molecule has 1 fully saturated rings. The summed E-state index contributed by atoms with van der Waals surface area (Å²) < 4.78 is 0. The topological polar surface area (TPSA) is 61.4 Å². The predicted molar refractivity (Wildman–Crippen MR) is 112 cm³/mol. The third-order valence-corrected chi connectivity index (χ3v) is 5.33. The number of anilines is 1. The number of carbonyl (C=O) groups is 2. The molecule has 2 amide bonds. The maximum Gasteiger partial charge on any atom is 0.238 e. The van der Waals surface area contributed by atoms with Crippen molar-refractivity contribution >= 4 is 29.1 Å². The Morgan fingerprint density at radius 2 is 1.64 bits per heavy atom. The summed E-state index contributed by atoms with van der Waals surface area (Å²) in [5.74, 6) is 0.0496. The quantitative estimate of drug-likeness (QED) is 0.749. The summed E-state index contributed by atoms with van der Waals surface area (Å²) in [5.41, 5.74) is 1.81. The molecule has 5 nitrogen and oxygen atoms in total. The van der Waals surface area contributed by atoms with Gasteiger partial charge in [-0.3, -0.25) is 14.5 Å². The highest BCUT2D eigenvalue weighted by molar-refractivity contribution is 6.31. The van der Waals surface area contributed by atoms with E-state index in [9.17, 15) is 9.59 Å². The number of amides is 2. The van der Waals surface area contributed by atoms with Gasteiger partial charge in [0, 0.05) is 36.3 Å². The molecule has 2 aromatic carbocycles. The first kappa shape index (κ1) is 20.4. The summed E-state index contributed by atoms with van der Waals surface area (Å²) in [6.45, 7) is 1.98. The molecule has 0 radical (unpaired) electrons. The van der Waals surface area contributed by atoms with E-state index >= 15 is 0 Å². The highest BCUT2D eigenvalue weighted by Crippen LogP contribution is 2.17. The number of aryl methyl sites for hydroxylation is 1. The number of piperidine rings is 1. The third kappa shape index (κ3) is 6.36. The molecule has 0 aromatic heterocycles. The molecule has 6 heteroatoms. The third-order valence-electron chi connectivity index (χ3n) is 4.96. The van der Waals surface area contributed by atoms with Crippen LogP contribution in [0.25, 0.3) is 0 Å². The molecule has 2 aromatic rings. The second kappa shape index (κ2) is 10.2. The predicted octanol–water partition coefficient (Wildman–Crippen LogP) is 3.49. The van der Waals surface area contributed by atoms with Crippen molar-refractivity contribution in [2.45, 2.75) is 31.7 Å². The van der Waals surface area contributed by atoms with Gasteiger partial charge in [-0.25, -0.2) is 0 Å². The monoisotopic (exact) mass is 399 g/mol. The maximum absolute atomic E-state index is 12.2. The molecule has 1 heterocycles. The summed E-state index contributed by atoms with van der Waals surface area (Å²) in [5, 5.41) is 6.73. The molecule has 0 atom stereocenters. The Morgan fingerprint density at radius 1 is 0.964 bits per heavy atom. The molecule has 28 heavy (non-hydrogen) atoms. The smallest absolute Gasteiger partial charge is 0.238 e. The van der Waals surface area contributed by atoms with E-state index in [1.807, 2.05) is 54.6 Å². The minimum absolute atomic E-state index is 0.00609. The van der Waals surface area contributed by atoms with Crippen LogP contribution >= 0.6 is 11.6 Å². The van der Waals surface area contributed by atoms with E-state index < -0.39 is 0 Å². The van der Waals surface area contributed by atoms with Gasteiger partial charge in [0.2, 0.25) is 11.8 Å². The normalized spacial score (nSPS) is 15.2. The van der Waals surface area contributed by atoms with Crippen molar-refractivity contribution in [3.8, 4) is 0 Å². The minimum Gasteiger partial charge on any atom is -0.353 e. The summed E-state index contributed by atoms with van der Waals surface area (Å²) in [6.07, 6.45) is 2.79. The zero-order valence-electron chi connectivity index (χ0n) is 15.9. The number of hydrogen-bond acceptors (Lipinski definition) is 3. The Hall–Kier alpha value is -2.37. The molecular formula is C22H26ClN3O2. The van der Waals surface area contributed by atoms with Crippen LogP contribution < -0.4 is 10.6 Å². The summed E-state index contributed by atoms with van der Waals surface area (Å²) in [4.78, 5) is 26.5. The van der Waals surface area contributed by atoms with Crippen molar-refractivity contribution < 1.29 is 9.59 Å². The number of nitrogens with one attached hydrogen (secondary N) is 2. The number of likely N-dealkylation sites (tertiary alicyclic amines) is 1. The Kier molecular flexibility index (Phi) is 7.46. The van der Waals surface area contributed by atoms with E-state index in [-0.39, 0.29) is 17.9 Å². The Labute approximate surface area is 171 Å². The molecule has 2 N–H and O–H groups in total. The lowest BCUT2D eigenvalue weighted by atomic mass is 10.0. The molecule has 0 spiro atoms. The van der Waals surface area contributed by atoms with Crippen LogP contribution in [-0.4, -0.2) is 42.4 Å². The average molecular weight is 400 g/mol. The van der Waals surface area contributed by atoms with Crippen LogP contribution in [0.3, 0.4) is 0 Å². The highest BCUT2D eigenvalue weighted by Gasteiger charge is 2.22. The fourth-order valence-electron chi connectivity index (χ4n) is 3.41. The molecule has 0 bridgehead atoms. The molecule has 3 rings (SSSR count). The molecule has 148 valence electrons. The lowest BCUT2D eigenvalue weighted by Crippen LogP contribution is -2.46. The van der Waals surface area contributed by atoms with E-state index in [0.717, 1.165) is 37.2 Å². The van der Waals surface area contributed by atoms with Crippen molar-refractivity contribution in [3.05, 3.63) is 65.2 Å². The van der Waals surface area contributed by atoms with Crippen molar-refractivity contribution in [1.82, 2.24) is 10.2 Å². The summed E-state index contributed by atoms with van der Waals surface area (Å²) >= 11 is 6.14. The number of nitrogens with zero attached hydrogens (tertiary/aromatic N) is 1. The van der Waals surface area contributed by atoms with Gasteiger partial charge < -0.3 is 10.6 Å². The van der Waals surface area contributed by atoms with Gasteiger partial charge in [0.25, 0.3) is 0 Å². The maximum atomic E-state index is 12.2. The van der Waals surface area contributed by atoms with Crippen molar-refractivity contribution in [1.29, 1.82) is 0 Å². The van der Waals surface area contributed by atoms with E-state index in [1.165, 1.54) is 0 Å². The first-order chi connectivity index (χ1) is 13.6. The number of hydrogen-bond donors (Lipinski definition) is 2. The van der Waals surface area contributed by atoms with Gasteiger partial charge in [0.1, 0.15) is 0 Å². The van der Waals surface area contributed by atoms with Gasteiger partial charge in [-0.15, -0.1) is 0 Å². The second-order valence-corrected chi connectivity index (χ2v) is 7.53. The van der Waals surface area contributed by atoms with Crippen molar-refractivity contribution in [2.24, 2.45) is 0 Å². The van der Waals surface area contributed by atoms with E-state index in [0.29, 0.717) is 24.4 Å². The van der Waals surface area contributed by atoms with Crippen LogP contribution in [0.5, 0.6) is 0 Å². The summed E-state index contributed by atoms with van der Waals surface area (Å²) in [6, 6.07) is 17.3. The van der Waals surface area contributed by atoms with Gasteiger partial charge in [0.15, 0.2) is 0 Å². The van der Waals surface area contributed by atoms with Crippen molar-refractivity contribution in [3.63, 3.8) is 0 Å². The van der Waals surface area contributed by atoms with Crippen LogP contribution in [0.2, 0.25) is 5.02 Å². The van der Waals surface area contributed by atoms with Crippen LogP contribution in [0.4, 0.5) is 5.69 Å². The van der Waals surface area contributed by atoms with Gasteiger partial charge in [0.05, 0.1) is 6.54 Å². The molecule has 1 aliphatic heterocycles. The zero-order valence-corrected chi connectivity index (χ0v) is 16.6. The fourth-order valence-corrected chi connectivity index (χ4v) is 3.64. The Morgan fingerprint density at radius 3 is 2.36 bits per heavy atom. The second-order valence-electron chi connectivity index (χ2n) is 7.12. The van der Waals surface area contributed by atoms with Crippen LogP contribution in [-0.2, 0) is 16.0 Å². The van der Waals surface area contributed by atoms with Gasteiger partial charge >= 0.3 is 0 Å². The SMILES string of the molecule is O=C(CN1CCC(NC(=O)CCc2ccccc2Cl)CC1)Nc1ccccc1.